The highest BCUT2D eigenvalue weighted by molar-refractivity contribution is 5.85. The molecule has 0 aromatic heterocycles. The summed E-state index contributed by atoms with van der Waals surface area (Å²) in [6.07, 6.45) is 2.66. The largest absolute Gasteiger partial charge is 0.316 e. The SMILES string of the molecule is Cl.c1ccc([C@H]2CCCNC2)cc1. The van der Waals surface area contributed by atoms with Gasteiger partial charge in [0.2, 0.25) is 0 Å². The van der Waals surface area contributed by atoms with E-state index < -0.39 is 0 Å². The van der Waals surface area contributed by atoms with Gasteiger partial charge in [-0.2, -0.15) is 0 Å². The molecule has 0 aliphatic carbocycles. The minimum absolute atomic E-state index is 0. The smallest absolute Gasteiger partial charge is 0.00201 e. The van der Waals surface area contributed by atoms with Crippen molar-refractivity contribution in [1.82, 2.24) is 5.32 Å². The lowest BCUT2D eigenvalue weighted by molar-refractivity contribution is 0.461. The van der Waals surface area contributed by atoms with E-state index in [-0.39, 0.29) is 12.4 Å². The maximum absolute atomic E-state index is 3.43. The summed E-state index contributed by atoms with van der Waals surface area (Å²) in [6.45, 7) is 2.35. The van der Waals surface area contributed by atoms with Crippen LogP contribution < -0.4 is 5.32 Å². The minimum atomic E-state index is 0. The third kappa shape index (κ3) is 2.71. The van der Waals surface area contributed by atoms with E-state index in [1.54, 1.807) is 0 Å². The Morgan fingerprint density at radius 2 is 1.92 bits per heavy atom. The van der Waals surface area contributed by atoms with Crippen LogP contribution in [0.15, 0.2) is 30.3 Å². The topological polar surface area (TPSA) is 12.0 Å². The molecule has 0 bridgehead atoms. The highest BCUT2D eigenvalue weighted by Crippen LogP contribution is 2.22. The summed E-state index contributed by atoms with van der Waals surface area (Å²) in [5.74, 6) is 0.750. The molecule has 1 fully saturated rings. The third-order valence-corrected chi connectivity index (χ3v) is 2.57. The monoisotopic (exact) mass is 197 g/mol. The fourth-order valence-corrected chi connectivity index (χ4v) is 1.86. The van der Waals surface area contributed by atoms with Crippen LogP contribution in [0.5, 0.6) is 0 Å². The van der Waals surface area contributed by atoms with Gasteiger partial charge >= 0.3 is 0 Å². The van der Waals surface area contributed by atoms with Gasteiger partial charge in [-0.25, -0.2) is 0 Å². The molecule has 2 rings (SSSR count). The van der Waals surface area contributed by atoms with Crippen LogP contribution in [-0.2, 0) is 0 Å². The fourth-order valence-electron chi connectivity index (χ4n) is 1.86. The number of halogens is 1. The molecule has 1 nitrogen and oxygen atoms in total. The number of piperidine rings is 1. The van der Waals surface area contributed by atoms with Gasteiger partial charge in [-0.05, 0) is 30.9 Å². The molecule has 1 aromatic carbocycles. The summed E-state index contributed by atoms with van der Waals surface area (Å²) in [5.41, 5.74) is 1.49. The van der Waals surface area contributed by atoms with Crippen LogP contribution in [0.1, 0.15) is 24.3 Å². The second kappa shape index (κ2) is 5.25. The average Bonchev–Trinajstić information content (AvgIpc) is 2.21. The highest BCUT2D eigenvalue weighted by atomic mass is 35.5. The predicted octanol–water partition coefficient (Wildman–Crippen LogP) is 2.58. The van der Waals surface area contributed by atoms with Crippen LogP contribution in [0, 0.1) is 0 Å². The molecule has 1 heterocycles. The zero-order valence-corrected chi connectivity index (χ0v) is 8.52. The number of benzene rings is 1. The van der Waals surface area contributed by atoms with Gasteiger partial charge < -0.3 is 5.32 Å². The number of hydrogen-bond acceptors (Lipinski definition) is 1. The van der Waals surface area contributed by atoms with Gasteiger partial charge in [0, 0.05) is 6.54 Å². The zero-order chi connectivity index (χ0) is 8.23. The Kier molecular flexibility index (Phi) is 4.26. The molecule has 72 valence electrons. The molecule has 0 radical (unpaired) electrons. The van der Waals surface area contributed by atoms with Gasteiger partial charge in [-0.15, -0.1) is 12.4 Å². The van der Waals surface area contributed by atoms with Crippen LogP contribution in [0.2, 0.25) is 0 Å². The van der Waals surface area contributed by atoms with Crippen molar-refractivity contribution < 1.29 is 0 Å². The minimum Gasteiger partial charge on any atom is -0.316 e. The standard InChI is InChI=1S/C11H15N.ClH/c1-2-5-10(6-3-1)11-7-4-8-12-9-11;/h1-3,5-6,11-12H,4,7-9H2;1H/t11-;/m0./s1. The van der Waals surface area contributed by atoms with E-state index in [1.807, 2.05) is 0 Å². The maximum Gasteiger partial charge on any atom is 0.00201 e. The van der Waals surface area contributed by atoms with Crippen LogP contribution in [0.3, 0.4) is 0 Å². The van der Waals surface area contributed by atoms with E-state index in [0.717, 1.165) is 12.5 Å². The maximum atomic E-state index is 3.43. The Bertz CT molecular complexity index is 229. The van der Waals surface area contributed by atoms with Crippen molar-refractivity contribution >= 4 is 12.4 Å². The third-order valence-electron chi connectivity index (χ3n) is 2.57. The molecular formula is C11H16ClN. The van der Waals surface area contributed by atoms with E-state index in [9.17, 15) is 0 Å². The average molecular weight is 198 g/mol. The van der Waals surface area contributed by atoms with Crippen molar-refractivity contribution in [3.8, 4) is 0 Å². The molecule has 1 atom stereocenters. The first-order valence-corrected chi connectivity index (χ1v) is 4.72. The lowest BCUT2D eigenvalue weighted by Gasteiger charge is -2.22. The molecule has 1 aromatic rings. The molecular weight excluding hydrogens is 182 g/mol. The molecule has 1 aliphatic heterocycles. The van der Waals surface area contributed by atoms with Gasteiger partial charge in [0.15, 0.2) is 0 Å². The van der Waals surface area contributed by atoms with Crippen molar-refractivity contribution in [3.05, 3.63) is 35.9 Å². The van der Waals surface area contributed by atoms with Crippen molar-refractivity contribution in [2.24, 2.45) is 0 Å². The summed E-state index contributed by atoms with van der Waals surface area (Å²) in [5, 5.41) is 3.43. The van der Waals surface area contributed by atoms with E-state index in [4.69, 9.17) is 0 Å². The number of nitrogens with one attached hydrogen (secondary N) is 1. The Balaban J connectivity index is 0.000000845. The van der Waals surface area contributed by atoms with Crippen LogP contribution in [-0.4, -0.2) is 13.1 Å². The second-order valence-electron chi connectivity index (χ2n) is 3.45. The molecule has 1 N–H and O–H groups in total. The Labute approximate surface area is 86.0 Å². The second-order valence-corrected chi connectivity index (χ2v) is 3.45. The molecule has 1 saturated heterocycles. The van der Waals surface area contributed by atoms with E-state index in [2.05, 4.69) is 35.6 Å². The lowest BCUT2D eigenvalue weighted by atomic mass is 9.92. The Hall–Kier alpha value is -0.530. The van der Waals surface area contributed by atoms with Crippen LogP contribution >= 0.6 is 12.4 Å². The Morgan fingerprint density at radius 3 is 2.54 bits per heavy atom. The first-order chi connectivity index (χ1) is 5.97. The van der Waals surface area contributed by atoms with Gasteiger partial charge in [0.1, 0.15) is 0 Å². The molecule has 1 aliphatic rings. The summed E-state index contributed by atoms with van der Waals surface area (Å²) in [4.78, 5) is 0. The summed E-state index contributed by atoms with van der Waals surface area (Å²) in [7, 11) is 0. The van der Waals surface area contributed by atoms with E-state index in [1.165, 1.54) is 24.9 Å². The molecule has 0 saturated carbocycles. The van der Waals surface area contributed by atoms with Gasteiger partial charge in [0.25, 0.3) is 0 Å². The number of rotatable bonds is 1. The van der Waals surface area contributed by atoms with Crippen molar-refractivity contribution in [2.75, 3.05) is 13.1 Å². The van der Waals surface area contributed by atoms with E-state index in [0.29, 0.717) is 0 Å². The van der Waals surface area contributed by atoms with Gasteiger partial charge in [-0.3, -0.25) is 0 Å². The first kappa shape index (κ1) is 10.6. The van der Waals surface area contributed by atoms with Crippen molar-refractivity contribution in [1.29, 1.82) is 0 Å². The predicted molar refractivity (Wildman–Crippen MR) is 58.5 cm³/mol. The van der Waals surface area contributed by atoms with Crippen LogP contribution in [0.4, 0.5) is 0 Å². The molecule has 0 amide bonds. The Morgan fingerprint density at radius 1 is 1.15 bits per heavy atom. The fraction of sp³-hybridized carbons (Fsp3) is 0.455. The van der Waals surface area contributed by atoms with Crippen molar-refractivity contribution in [2.45, 2.75) is 18.8 Å². The normalized spacial score (nSPS) is 22.0. The molecule has 13 heavy (non-hydrogen) atoms. The molecule has 0 unspecified atom stereocenters. The van der Waals surface area contributed by atoms with Gasteiger partial charge in [0.05, 0.1) is 0 Å². The summed E-state index contributed by atoms with van der Waals surface area (Å²) >= 11 is 0. The summed E-state index contributed by atoms with van der Waals surface area (Å²) < 4.78 is 0. The lowest BCUT2D eigenvalue weighted by Crippen LogP contribution is -2.28. The molecule has 2 heteroatoms. The summed E-state index contributed by atoms with van der Waals surface area (Å²) in [6, 6.07) is 10.8. The van der Waals surface area contributed by atoms with Gasteiger partial charge in [-0.1, -0.05) is 30.3 Å². The van der Waals surface area contributed by atoms with E-state index >= 15 is 0 Å². The zero-order valence-electron chi connectivity index (χ0n) is 7.70. The number of hydrogen-bond donors (Lipinski definition) is 1. The highest BCUT2D eigenvalue weighted by Gasteiger charge is 2.13. The van der Waals surface area contributed by atoms with Crippen LogP contribution in [0.25, 0.3) is 0 Å². The first-order valence-electron chi connectivity index (χ1n) is 4.72. The van der Waals surface area contributed by atoms with Crippen molar-refractivity contribution in [3.63, 3.8) is 0 Å². The molecule has 0 spiro atoms. The quantitative estimate of drug-likeness (QED) is 0.730.